The highest BCUT2D eigenvalue weighted by Crippen LogP contribution is 2.44. The van der Waals surface area contributed by atoms with E-state index in [1.807, 2.05) is 12.1 Å². The van der Waals surface area contributed by atoms with Gasteiger partial charge in [0.1, 0.15) is 11.9 Å². The zero-order valence-electron chi connectivity index (χ0n) is 16.7. The average molecular weight is 384 g/mol. The molecule has 3 heteroatoms. The molecule has 2 saturated carbocycles. The molecule has 2 fully saturated rings. The Morgan fingerprint density at radius 3 is 2.14 bits per heavy atom. The van der Waals surface area contributed by atoms with Crippen molar-refractivity contribution in [1.29, 1.82) is 5.26 Å². The van der Waals surface area contributed by atoms with Gasteiger partial charge in [0.25, 0.3) is 0 Å². The molecular weight excluding hydrogens is 352 g/mol. The molecule has 0 spiro atoms. The molecule has 0 bridgehead atoms. The van der Waals surface area contributed by atoms with Crippen LogP contribution in [0.5, 0.6) is 0 Å². The van der Waals surface area contributed by atoms with Crippen LogP contribution in [0.15, 0.2) is 48.3 Å². The molecule has 0 heterocycles. The van der Waals surface area contributed by atoms with Gasteiger partial charge in [-0.15, -0.1) is 0 Å². The summed E-state index contributed by atoms with van der Waals surface area (Å²) in [6.07, 6.45) is 12.6. The van der Waals surface area contributed by atoms with E-state index in [4.69, 9.17) is 5.26 Å². The van der Waals surface area contributed by atoms with Crippen molar-refractivity contribution in [2.24, 2.45) is 17.8 Å². The number of nitriles is 1. The van der Waals surface area contributed by atoms with Crippen molar-refractivity contribution in [3.8, 4) is 6.07 Å². The summed E-state index contributed by atoms with van der Waals surface area (Å²) < 4.78 is 26.0. The zero-order valence-corrected chi connectivity index (χ0v) is 16.7. The van der Waals surface area contributed by atoms with Crippen LogP contribution in [-0.4, -0.2) is 0 Å². The summed E-state index contributed by atoms with van der Waals surface area (Å²) in [7, 11) is 0. The van der Waals surface area contributed by atoms with Crippen LogP contribution >= 0.6 is 0 Å². The van der Waals surface area contributed by atoms with Crippen molar-refractivity contribution in [1.82, 2.24) is 0 Å². The maximum Gasteiger partial charge on any atom is 0.196 e. The third-order valence-corrected chi connectivity index (χ3v) is 6.97. The van der Waals surface area contributed by atoms with E-state index in [9.17, 15) is 8.78 Å². The van der Waals surface area contributed by atoms with Crippen LogP contribution in [0, 0.1) is 34.9 Å². The van der Waals surface area contributed by atoms with Crippen molar-refractivity contribution >= 4 is 0 Å². The molecule has 3 rings (SSSR count). The zero-order chi connectivity index (χ0) is 19.9. The van der Waals surface area contributed by atoms with Gasteiger partial charge in [0.2, 0.25) is 0 Å². The van der Waals surface area contributed by atoms with Crippen LogP contribution in [0.2, 0.25) is 0 Å². The van der Waals surface area contributed by atoms with Crippen molar-refractivity contribution in [2.75, 3.05) is 0 Å². The number of nitrogens with zero attached hydrogens (tertiary/aromatic N) is 1. The van der Waals surface area contributed by atoms with Gasteiger partial charge in [-0.05, 0) is 112 Å². The molecule has 2 aliphatic carbocycles. The minimum absolute atomic E-state index is 0.160. The van der Waals surface area contributed by atoms with Gasteiger partial charge in [0.05, 0.1) is 0 Å². The summed E-state index contributed by atoms with van der Waals surface area (Å²) in [5.41, 5.74) is 2.72. The van der Waals surface area contributed by atoms with Crippen LogP contribution in [-0.2, 0) is 0 Å². The number of hydrogen-bond acceptors (Lipinski definition) is 1. The lowest BCUT2D eigenvalue weighted by atomic mass is 9.69. The summed E-state index contributed by atoms with van der Waals surface area (Å²) in [6, 6.07) is 8.57. The minimum Gasteiger partial charge on any atom is -0.207 e. The lowest BCUT2D eigenvalue weighted by Crippen LogP contribution is -2.22. The van der Waals surface area contributed by atoms with E-state index in [0.717, 1.165) is 6.42 Å². The highest BCUT2D eigenvalue weighted by atomic mass is 19.1. The lowest BCUT2D eigenvalue weighted by Gasteiger charge is -2.36. The first-order valence-electron chi connectivity index (χ1n) is 10.8. The van der Waals surface area contributed by atoms with Gasteiger partial charge in [-0.1, -0.05) is 24.3 Å². The molecule has 28 heavy (non-hydrogen) atoms. The molecule has 150 valence electrons. The molecule has 0 radical (unpaired) electrons. The van der Waals surface area contributed by atoms with E-state index in [1.54, 1.807) is 18.2 Å². The maximum absolute atomic E-state index is 13.1. The molecule has 0 N–H and O–H groups in total. The van der Waals surface area contributed by atoms with Gasteiger partial charge in [-0.25, -0.2) is 4.39 Å². The van der Waals surface area contributed by atoms with Crippen molar-refractivity contribution in [3.05, 3.63) is 59.7 Å². The number of rotatable bonds is 6. The third-order valence-electron chi connectivity index (χ3n) is 6.97. The van der Waals surface area contributed by atoms with Gasteiger partial charge in [0, 0.05) is 0 Å². The second-order valence-corrected chi connectivity index (χ2v) is 8.63. The van der Waals surface area contributed by atoms with Crippen LogP contribution in [0.1, 0.15) is 75.7 Å². The van der Waals surface area contributed by atoms with Gasteiger partial charge in [0.15, 0.2) is 5.83 Å². The monoisotopic (exact) mass is 383 g/mol. The fourth-order valence-electron chi connectivity index (χ4n) is 5.18. The van der Waals surface area contributed by atoms with E-state index in [-0.39, 0.29) is 5.82 Å². The number of hydrogen-bond donors (Lipinski definition) is 0. The predicted molar refractivity (Wildman–Crippen MR) is 110 cm³/mol. The minimum atomic E-state index is -0.654. The maximum atomic E-state index is 13.1. The largest absolute Gasteiger partial charge is 0.207 e. The van der Waals surface area contributed by atoms with Gasteiger partial charge >= 0.3 is 0 Å². The fraction of sp³-hybridized carbons (Fsp3) is 0.560. The molecule has 0 unspecified atom stereocenters. The second-order valence-electron chi connectivity index (χ2n) is 8.63. The molecule has 0 saturated heterocycles. The first kappa shape index (κ1) is 20.8. The molecule has 1 nitrogen and oxygen atoms in total. The van der Waals surface area contributed by atoms with Crippen molar-refractivity contribution < 1.29 is 8.78 Å². The van der Waals surface area contributed by atoms with E-state index in [0.29, 0.717) is 30.1 Å². The molecular formula is C25H31F2N. The van der Waals surface area contributed by atoms with Gasteiger partial charge < -0.3 is 0 Å². The third kappa shape index (κ3) is 5.53. The number of halogens is 2. The summed E-state index contributed by atoms with van der Waals surface area (Å²) in [5, 5.41) is 8.47. The molecule has 2 aliphatic rings. The SMILES string of the molecule is C=C(C1CCC(CC/C=C(\F)C#N)CC1)C1CCC(c2ccc(F)cc2)CC1. The normalized spacial score (nSPS) is 28.5. The Morgan fingerprint density at radius 2 is 1.57 bits per heavy atom. The first-order chi connectivity index (χ1) is 13.6. The predicted octanol–water partition coefficient (Wildman–Crippen LogP) is 7.62. The Hall–Kier alpha value is -1.95. The fourth-order valence-corrected chi connectivity index (χ4v) is 5.18. The molecule has 0 amide bonds. The standard InChI is InChI=1S/C25H31F2N/c1-18(20-7-5-19(6-8-20)3-2-4-25(27)17-28)21-9-11-22(12-10-21)23-13-15-24(26)16-14-23/h4,13-16,19-22H,1-3,5-12H2/b25-4-. The van der Waals surface area contributed by atoms with Crippen LogP contribution in [0.4, 0.5) is 8.78 Å². The highest BCUT2D eigenvalue weighted by molar-refractivity contribution is 5.22. The summed E-state index contributed by atoms with van der Waals surface area (Å²) in [5.74, 6) is 1.66. The first-order valence-corrected chi connectivity index (χ1v) is 10.8. The summed E-state index contributed by atoms with van der Waals surface area (Å²) >= 11 is 0. The van der Waals surface area contributed by atoms with Crippen LogP contribution in [0.25, 0.3) is 0 Å². The molecule has 0 atom stereocenters. The van der Waals surface area contributed by atoms with E-state index < -0.39 is 5.83 Å². The molecule has 1 aromatic carbocycles. The lowest BCUT2D eigenvalue weighted by molar-refractivity contribution is 0.260. The number of benzene rings is 1. The molecule has 0 aromatic heterocycles. The second kappa shape index (κ2) is 10.0. The molecule has 1 aromatic rings. The van der Waals surface area contributed by atoms with Crippen molar-refractivity contribution in [3.63, 3.8) is 0 Å². The van der Waals surface area contributed by atoms with Gasteiger partial charge in [-0.2, -0.15) is 9.65 Å². The number of allylic oxidation sites excluding steroid dienone is 3. The van der Waals surface area contributed by atoms with Crippen LogP contribution in [0.3, 0.4) is 0 Å². The van der Waals surface area contributed by atoms with Crippen molar-refractivity contribution in [2.45, 2.75) is 70.1 Å². The summed E-state index contributed by atoms with van der Waals surface area (Å²) in [6.45, 7) is 4.49. The summed E-state index contributed by atoms with van der Waals surface area (Å²) in [4.78, 5) is 0. The van der Waals surface area contributed by atoms with E-state index >= 15 is 0 Å². The Balaban J connectivity index is 1.41. The van der Waals surface area contributed by atoms with Gasteiger partial charge in [-0.3, -0.25) is 0 Å². The quantitative estimate of drug-likeness (QED) is 0.366. The Bertz CT molecular complexity index is 712. The molecule has 0 aliphatic heterocycles. The Labute approximate surface area is 168 Å². The average Bonchev–Trinajstić information content (AvgIpc) is 2.74. The van der Waals surface area contributed by atoms with E-state index in [2.05, 4.69) is 6.58 Å². The van der Waals surface area contributed by atoms with E-state index in [1.165, 1.54) is 68.6 Å². The highest BCUT2D eigenvalue weighted by Gasteiger charge is 2.29. The Morgan fingerprint density at radius 1 is 1.00 bits per heavy atom. The smallest absolute Gasteiger partial charge is 0.196 e. The van der Waals surface area contributed by atoms with Crippen LogP contribution < -0.4 is 0 Å². The Kier molecular flexibility index (Phi) is 7.43. The topological polar surface area (TPSA) is 23.8 Å².